The van der Waals surface area contributed by atoms with Crippen LogP contribution in [0.4, 0.5) is 5.82 Å². The number of anilines is 1. The molecule has 0 saturated heterocycles. The number of rotatable bonds is 8. The average molecular weight is 278 g/mol. The lowest BCUT2D eigenvalue weighted by atomic mass is 10.1. The van der Waals surface area contributed by atoms with Gasteiger partial charge in [0.2, 0.25) is 0 Å². The molecule has 1 N–H and O–H groups in total. The summed E-state index contributed by atoms with van der Waals surface area (Å²) in [6.07, 6.45) is 3.64. The molecule has 0 radical (unpaired) electrons. The van der Waals surface area contributed by atoms with Gasteiger partial charge in [0.05, 0.1) is 6.10 Å². The maximum Gasteiger partial charge on any atom is 0.134 e. The molecular formula is C17H30N2O. The van der Waals surface area contributed by atoms with E-state index in [9.17, 15) is 5.11 Å². The molecule has 0 saturated carbocycles. The zero-order chi connectivity index (χ0) is 15.1. The van der Waals surface area contributed by atoms with Crippen molar-refractivity contribution in [2.75, 3.05) is 18.0 Å². The molecule has 0 bridgehead atoms. The Kier molecular flexibility index (Phi) is 7.00. The summed E-state index contributed by atoms with van der Waals surface area (Å²) in [4.78, 5) is 6.86. The molecule has 0 aromatic carbocycles. The third-order valence-electron chi connectivity index (χ3n) is 3.52. The van der Waals surface area contributed by atoms with Gasteiger partial charge in [-0.15, -0.1) is 0 Å². The highest BCUT2D eigenvalue weighted by Gasteiger charge is 2.16. The lowest BCUT2D eigenvalue weighted by molar-refractivity contribution is 0.199. The van der Waals surface area contributed by atoms with E-state index in [1.807, 2.05) is 25.3 Å². The first-order valence-electron chi connectivity index (χ1n) is 7.79. The van der Waals surface area contributed by atoms with Gasteiger partial charge in [-0.05, 0) is 37.7 Å². The highest BCUT2D eigenvalue weighted by atomic mass is 16.3. The smallest absolute Gasteiger partial charge is 0.134 e. The predicted octanol–water partition coefficient (Wildman–Crippen LogP) is 4.03. The van der Waals surface area contributed by atoms with Crippen LogP contribution in [0.1, 0.15) is 59.1 Å². The molecule has 0 unspecified atom stereocenters. The molecule has 20 heavy (non-hydrogen) atoms. The first kappa shape index (κ1) is 17.0. The van der Waals surface area contributed by atoms with Gasteiger partial charge in [0.15, 0.2) is 0 Å². The van der Waals surface area contributed by atoms with E-state index in [2.05, 4.69) is 37.6 Å². The minimum Gasteiger partial charge on any atom is -0.389 e. The molecule has 1 rings (SSSR count). The standard InChI is InChI=1S/C17H30N2O/c1-13(2)8-11-19(12-9-14(3)4)17-16(15(5)20)7-6-10-18-17/h6-7,10,13-15,20H,8-9,11-12H2,1-5H3/t15-/m1/s1. The lowest BCUT2D eigenvalue weighted by Gasteiger charge is -2.28. The summed E-state index contributed by atoms with van der Waals surface area (Å²) < 4.78 is 0. The quantitative estimate of drug-likeness (QED) is 0.780. The number of aliphatic hydroxyl groups excluding tert-OH is 1. The Hall–Kier alpha value is -1.09. The summed E-state index contributed by atoms with van der Waals surface area (Å²) in [7, 11) is 0. The molecule has 0 spiro atoms. The van der Waals surface area contributed by atoms with Crippen molar-refractivity contribution in [3.8, 4) is 0 Å². The summed E-state index contributed by atoms with van der Waals surface area (Å²) >= 11 is 0. The van der Waals surface area contributed by atoms with E-state index in [1.54, 1.807) is 0 Å². The first-order chi connectivity index (χ1) is 9.41. The Morgan fingerprint density at radius 1 is 1.05 bits per heavy atom. The Balaban J connectivity index is 2.90. The number of pyridine rings is 1. The van der Waals surface area contributed by atoms with Crippen LogP contribution in [0.15, 0.2) is 18.3 Å². The van der Waals surface area contributed by atoms with Crippen molar-refractivity contribution < 1.29 is 5.11 Å². The normalized spacial score (nSPS) is 13.0. The van der Waals surface area contributed by atoms with E-state index >= 15 is 0 Å². The number of aliphatic hydroxyl groups is 1. The number of hydrogen-bond donors (Lipinski definition) is 1. The second kappa shape index (κ2) is 8.25. The highest BCUT2D eigenvalue weighted by molar-refractivity contribution is 5.47. The second-order valence-electron chi connectivity index (χ2n) is 6.44. The minimum atomic E-state index is -0.473. The van der Waals surface area contributed by atoms with E-state index in [1.165, 1.54) is 0 Å². The van der Waals surface area contributed by atoms with Gasteiger partial charge in [-0.1, -0.05) is 33.8 Å². The molecular weight excluding hydrogens is 248 g/mol. The van der Waals surface area contributed by atoms with E-state index in [0.29, 0.717) is 11.8 Å². The molecule has 0 aliphatic rings. The van der Waals surface area contributed by atoms with Crippen molar-refractivity contribution in [2.24, 2.45) is 11.8 Å². The Labute approximate surface area is 124 Å². The van der Waals surface area contributed by atoms with Crippen molar-refractivity contribution in [3.05, 3.63) is 23.9 Å². The van der Waals surface area contributed by atoms with E-state index in [0.717, 1.165) is 37.3 Å². The van der Waals surface area contributed by atoms with Gasteiger partial charge in [0.1, 0.15) is 5.82 Å². The van der Waals surface area contributed by atoms with Crippen LogP contribution in [-0.2, 0) is 0 Å². The van der Waals surface area contributed by atoms with Crippen molar-refractivity contribution in [1.82, 2.24) is 4.98 Å². The van der Waals surface area contributed by atoms with Gasteiger partial charge in [0.25, 0.3) is 0 Å². The maximum atomic E-state index is 9.94. The molecule has 3 nitrogen and oxygen atoms in total. The third-order valence-corrected chi connectivity index (χ3v) is 3.52. The SMILES string of the molecule is CC(C)CCN(CCC(C)C)c1ncccc1[C@@H](C)O. The third kappa shape index (κ3) is 5.49. The molecule has 3 heteroatoms. The molecule has 1 aromatic rings. The monoisotopic (exact) mass is 278 g/mol. The fraction of sp³-hybridized carbons (Fsp3) is 0.706. The molecule has 1 aromatic heterocycles. The van der Waals surface area contributed by atoms with Gasteiger partial charge in [-0.2, -0.15) is 0 Å². The van der Waals surface area contributed by atoms with E-state index in [4.69, 9.17) is 0 Å². The summed E-state index contributed by atoms with van der Waals surface area (Å²) in [6.45, 7) is 12.8. The zero-order valence-electron chi connectivity index (χ0n) is 13.6. The molecule has 114 valence electrons. The van der Waals surface area contributed by atoms with Crippen LogP contribution >= 0.6 is 0 Å². The highest BCUT2D eigenvalue weighted by Crippen LogP contribution is 2.25. The van der Waals surface area contributed by atoms with Crippen LogP contribution in [0.25, 0.3) is 0 Å². The summed E-state index contributed by atoms with van der Waals surface area (Å²) in [5.41, 5.74) is 0.931. The number of hydrogen-bond acceptors (Lipinski definition) is 3. The zero-order valence-corrected chi connectivity index (χ0v) is 13.6. The molecule has 0 aliphatic carbocycles. The van der Waals surface area contributed by atoms with Crippen molar-refractivity contribution in [3.63, 3.8) is 0 Å². The summed E-state index contributed by atoms with van der Waals surface area (Å²) in [5.74, 6) is 2.30. The lowest BCUT2D eigenvalue weighted by Crippen LogP contribution is -2.29. The van der Waals surface area contributed by atoms with Crippen molar-refractivity contribution in [2.45, 2.75) is 53.6 Å². The summed E-state index contributed by atoms with van der Waals surface area (Å²) in [6, 6.07) is 3.87. The topological polar surface area (TPSA) is 36.4 Å². The van der Waals surface area contributed by atoms with Gasteiger partial charge < -0.3 is 10.0 Å². The van der Waals surface area contributed by atoms with Crippen molar-refractivity contribution in [1.29, 1.82) is 0 Å². The van der Waals surface area contributed by atoms with Gasteiger partial charge in [-0.25, -0.2) is 4.98 Å². The van der Waals surface area contributed by atoms with Crippen LogP contribution in [-0.4, -0.2) is 23.2 Å². The molecule has 0 aliphatic heterocycles. The van der Waals surface area contributed by atoms with Gasteiger partial charge >= 0.3 is 0 Å². The second-order valence-corrected chi connectivity index (χ2v) is 6.44. The van der Waals surface area contributed by atoms with Crippen molar-refractivity contribution >= 4 is 5.82 Å². The van der Waals surface area contributed by atoms with E-state index in [-0.39, 0.29) is 0 Å². The molecule has 0 amide bonds. The van der Waals surface area contributed by atoms with Crippen LogP contribution in [0.5, 0.6) is 0 Å². The Morgan fingerprint density at radius 2 is 1.60 bits per heavy atom. The predicted molar refractivity (Wildman–Crippen MR) is 86.0 cm³/mol. The molecule has 1 heterocycles. The molecule has 1 atom stereocenters. The van der Waals surface area contributed by atoms with E-state index < -0.39 is 6.10 Å². The molecule has 0 fully saturated rings. The van der Waals surface area contributed by atoms with Crippen LogP contribution < -0.4 is 4.90 Å². The Bertz CT molecular complexity index is 376. The fourth-order valence-corrected chi connectivity index (χ4v) is 2.15. The van der Waals surface area contributed by atoms with Crippen LogP contribution in [0.3, 0.4) is 0 Å². The maximum absolute atomic E-state index is 9.94. The summed E-state index contributed by atoms with van der Waals surface area (Å²) in [5, 5.41) is 9.94. The number of aromatic nitrogens is 1. The first-order valence-corrected chi connectivity index (χ1v) is 7.79. The number of nitrogens with zero attached hydrogens (tertiary/aromatic N) is 2. The van der Waals surface area contributed by atoms with Crippen LogP contribution in [0.2, 0.25) is 0 Å². The largest absolute Gasteiger partial charge is 0.389 e. The average Bonchev–Trinajstić information content (AvgIpc) is 2.38. The van der Waals surface area contributed by atoms with Gasteiger partial charge in [0, 0.05) is 24.8 Å². The minimum absolute atomic E-state index is 0.473. The fourth-order valence-electron chi connectivity index (χ4n) is 2.15. The Morgan fingerprint density at radius 3 is 2.05 bits per heavy atom. The van der Waals surface area contributed by atoms with Crippen LogP contribution in [0, 0.1) is 11.8 Å². The van der Waals surface area contributed by atoms with Gasteiger partial charge in [-0.3, -0.25) is 0 Å².